The maximum absolute atomic E-state index is 12.9. The van der Waals surface area contributed by atoms with Gasteiger partial charge in [-0.1, -0.05) is 30.3 Å². The van der Waals surface area contributed by atoms with Crippen LogP contribution in [0.2, 0.25) is 0 Å². The molecule has 1 spiro atoms. The lowest BCUT2D eigenvalue weighted by Gasteiger charge is -2.50. The van der Waals surface area contributed by atoms with E-state index in [4.69, 9.17) is 4.98 Å². The van der Waals surface area contributed by atoms with Crippen molar-refractivity contribution in [1.29, 1.82) is 0 Å². The number of aryl methyl sites for hydroxylation is 1. The van der Waals surface area contributed by atoms with Crippen LogP contribution in [-0.4, -0.2) is 67.3 Å². The molecule has 1 amide bonds. The minimum absolute atomic E-state index is 0.00599. The fourth-order valence-corrected chi connectivity index (χ4v) is 5.25. The Kier molecular flexibility index (Phi) is 4.24. The van der Waals surface area contributed by atoms with Gasteiger partial charge in [-0.15, -0.1) is 0 Å². The second kappa shape index (κ2) is 7.02. The first kappa shape index (κ1) is 18.7. The lowest BCUT2D eigenvalue weighted by atomic mass is 9.71. The first-order valence-electron chi connectivity index (χ1n) is 11.1. The molecule has 8 nitrogen and oxygen atoms in total. The van der Waals surface area contributed by atoms with E-state index in [1.165, 1.54) is 18.4 Å². The van der Waals surface area contributed by atoms with Crippen molar-refractivity contribution in [2.24, 2.45) is 5.41 Å². The maximum atomic E-state index is 12.9. The second-order valence-corrected chi connectivity index (χ2v) is 9.52. The number of amides is 1. The van der Waals surface area contributed by atoms with E-state index in [1.807, 2.05) is 17.9 Å². The summed E-state index contributed by atoms with van der Waals surface area (Å²) in [5.74, 6) is 2.74. The maximum Gasteiger partial charge on any atom is 0.274 e. The Hall–Kier alpha value is -3.00. The molecule has 1 aromatic carbocycles. The van der Waals surface area contributed by atoms with Crippen LogP contribution in [0.5, 0.6) is 0 Å². The van der Waals surface area contributed by atoms with Gasteiger partial charge in [0.05, 0.1) is 0 Å². The highest BCUT2D eigenvalue weighted by Gasteiger charge is 2.57. The summed E-state index contributed by atoms with van der Waals surface area (Å²) in [7, 11) is 0. The predicted molar refractivity (Wildman–Crippen MR) is 114 cm³/mol. The molecule has 8 heteroatoms. The third-order valence-electron chi connectivity index (χ3n) is 6.98. The number of nitrogens with one attached hydrogen (secondary N) is 2. The van der Waals surface area contributed by atoms with Crippen molar-refractivity contribution >= 4 is 5.91 Å². The molecule has 0 radical (unpaired) electrons. The highest BCUT2D eigenvalue weighted by molar-refractivity contribution is 5.93. The zero-order chi connectivity index (χ0) is 21.0. The van der Waals surface area contributed by atoms with E-state index in [0.29, 0.717) is 11.6 Å². The van der Waals surface area contributed by atoms with Crippen molar-refractivity contribution in [1.82, 2.24) is 35.2 Å². The quantitative estimate of drug-likeness (QED) is 0.665. The van der Waals surface area contributed by atoms with Crippen molar-refractivity contribution in [2.75, 3.05) is 26.2 Å². The van der Waals surface area contributed by atoms with Crippen LogP contribution in [0.15, 0.2) is 36.4 Å². The average molecular weight is 418 g/mol. The van der Waals surface area contributed by atoms with Gasteiger partial charge in [-0.25, -0.2) is 4.98 Å². The highest BCUT2D eigenvalue weighted by atomic mass is 16.2. The second-order valence-electron chi connectivity index (χ2n) is 9.52. The Labute approximate surface area is 181 Å². The lowest BCUT2D eigenvalue weighted by Crippen LogP contribution is -2.61. The lowest BCUT2D eigenvalue weighted by molar-refractivity contribution is 0.00136. The molecule has 160 valence electrons. The largest absolute Gasteiger partial charge is 0.336 e. The van der Waals surface area contributed by atoms with Crippen LogP contribution in [0.3, 0.4) is 0 Å². The highest BCUT2D eigenvalue weighted by Crippen LogP contribution is 2.49. The van der Waals surface area contributed by atoms with Crippen LogP contribution in [0.4, 0.5) is 0 Å². The number of H-pyrrole nitrogens is 2. The molecule has 6 rings (SSSR count). The summed E-state index contributed by atoms with van der Waals surface area (Å²) in [6.07, 6.45) is 2.39. The van der Waals surface area contributed by atoms with Gasteiger partial charge in [0, 0.05) is 55.7 Å². The van der Waals surface area contributed by atoms with Crippen molar-refractivity contribution in [3.8, 4) is 0 Å². The van der Waals surface area contributed by atoms with Crippen LogP contribution >= 0.6 is 0 Å². The minimum atomic E-state index is 0.00599. The molecule has 3 aliphatic rings. The van der Waals surface area contributed by atoms with Crippen LogP contribution in [-0.2, 0) is 6.54 Å². The first-order chi connectivity index (χ1) is 15.1. The molecular formula is C23H27N7O. The number of rotatable bonds is 5. The van der Waals surface area contributed by atoms with E-state index in [-0.39, 0.29) is 17.2 Å². The Morgan fingerprint density at radius 2 is 1.94 bits per heavy atom. The van der Waals surface area contributed by atoms with Gasteiger partial charge in [0.1, 0.15) is 11.5 Å². The van der Waals surface area contributed by atoms with E-state index >= 15 is 0 Å². The van der Waals surface area contributed by atoms with Gasteiger partial charge in [-0.3, -0.25) is 19.9 Å². The number of nitrogens with zero attached hydrogens (tertiary/aromatic N) is 5. The van der Waals surface area contributed by atoms with Gasteiger partial charge in [0.2, 0.25) is 0 Å². The topological polar surface area (TPSA) is 93.8 Å². The van der Waals surface area contributed by atoms with E-state index in [9.17, 15) is 4.79 Å². The van der Waals surface area contributed by atoms with Crippen molar-refractivity contribution in [3.05, 3.63) is 65.0 Å². The third kappa shape index (κ3) is 3.35. The number of aromatic nitrogens is 5. The molecule has 1 saturated carbocycles. The molecule has 2 aliphatic heterocycles. The van der Waals surface area contributed by atoms with Gasteiger partial charge >= 0.3 is 0 Å². The summed E-state index contributed by atoms with van der Waals surface area (Å²) < 4.78 is 0. The molecule has 0 bridgehead atoms. The number of benzene rings is 1. The zero-order valence-electron chi connectivity index (χ0n) is 17.7. The molecule has 2 saturated heterocycles. The number of likely N-dealkylation sites (tertiary alicyclic amines) is 2. The van der Waals surface area contributed by atoms with E-state index < -0.39 is 0 Å². The fraction of sp³-hybridized carbons (Fsp3) is 0.478. The summed E-state index contributed by atoms with van der Waals surface area (Å²) in [6.45, 7) is 6.17. The molecule has 31 heavy (non-hydrogen) atoms. The van der Waals surface area contributed by atoms with Gasteiger partial charge in [-0.2, -0.15) is 10.2 Å². The Balaban J connectivity index is 1.23. The number of hydrogen-bond donors (Lipinski definition) is 2. The molecular weight excluding hydrogens is 390 g/mol. The molecule has 1 unspecified atom stereocenters. The molecule has 2 N–H and O–H groups in total. The molecule has 3 fully saturated rings. The van der Waals surface area contributed by atoms with Gasteiger partial charge in [0.15, 0.2) is 5.82 Å². The van der Waals surface area contributed by atoms with Crippen LogP contribution in [0, 0.1) is 12.3 Å². The number of carbonyl (C=O) groups excluding carboxylic acids is 1. The number of hydrogen-bond acceptors (Lipinski definition) is 5. The monoisotopic (exact) mass is 417 g/mol. The van der Waals surface area contributed by atoms with Gasteiger partial charge in [0.25, 0.3) is 5.91 Å². The fourth-order valence-electron chi connectivity index (χ4n) is 5.25. The van der Waals surface area contributed by atoms with E-state index in [1.54, 1.807) is 0 Å². The van der Waals surface area contributed by atoms with Gasteiger partial charge in [-0.05, 0) is 31.4 Å². The van der Waals surface area contributed by atoms with Crippen molar-refractivity contribution < 1.29 is 4.79 Å². The van der Waals surface area contributed by atoms with Gasteiger partial charge < -0.3 is 4.90 Å². The van der Waals surface area contributed by atoms with Crippen LogP contribution < -0.4 is 0 Å². The van der Waals surface area contributed by atoms with Crippen LogP contribution in [0.25, 0.3) is 0 Å². The van der Waals surface area contributed by atoms with Crippen molar-refractivity contribution in [2.45, 2.75) is 38.1 Å². The minimum Gasteiger partial charge on any atom is -0.336 e. The summed E-state index contributed by atoms with van der Waals surface area (Å²) in [4.78, 5) is 22.2. The van der Waals surface area contributed by atoms with E-state index in [2.05, 4.69) is 55.6 Å². The van der Waals surface area contributed by atoms with Crippen molar-refractivity contribution in [3.63, 3.8) is 0 Å². The Morgan fingerprint density at radius 3 is 2.65 bits per heavy atom. The molecule has 2 aromatic heterocycles. The normalized spacial score (nSPS) is 22.7. The first-order valence-corrected chi connectivity index (χ1v) is 11.1. The number of aromatic amines is 2. The molecule has 1 aliphatic carbocycles. The summed E-state index contributed by atoms with van der Waals surface area (Å²) >= 11 is 0. The SMILES string of the molecule is Cc1cc(C(=O)N2CC3(CN(Cc4ccccc4)CC3c3nc(C4CC4)n[nH]3)C2)n[nH]1. The summed E-state index contributed by atoms with van der Waals surface area (Å²) in [6, 6.07) is 12.4. The average Bonchev–Trinajstić information content (AvgIpc) is 3.15. The zero-order valence-corrected chi connectivity index (χ0v) is 17.7. The molecule has 4 heterocycles. The third-order valence-corrected chi connectivity index (χ3v) is 6.98. The van der Waals surface area contributed by atoms with Crippen LogP contribution in [0.1, 0.15) is 58.1 Å². The molecule has 1 atom stereocenters. The summed E-state index contributed by atoms with van der Waals surface area (Å²) in [5.41, 5.74) is 2.73. The Bertz CT molecular complexity index is 1090. The standard InChI is InChI=1S/C23H27N7O/c1-15-9-19(26-25-15)22(31)30-13-23(14-30)12-29(10-16-5-3-2-4-6-16)11-18(23)21-24-20(27-28-21)17-7-8-17/h2-6,9,17-18H,7-8,10-14H2,1H3,(H,25,26)(H,24,27,28). The predicted octanol–water partition coefficient (Wildman–Crippen LogP) is 2.46. The Morgan fingerprint density at radius 1 is 1.13 bits per heavy atom. The van der Waals surface area contributed by atoms with E-state index in [0.717, 1.165) is 50.1 Å². The smallest absolute Gasteiger partial charge is 0.274 e. The number of carbonyl (C=O) groups is 1. The molecule has 3 aromatic rings. The summed E-state index contributed by atoms with van der Waals surface area (Å²) in [5, 5.41) is 14.8.